The minimum Gasteiger partial charge on any atom is -0.475 e. The Balaban J connectivity index is 1.62. The van der Waals surface area contributed by atoms with E-state index in [1.807, 2.05) is 0 Å². The molecule has 0 radical (unpaired) electrons. The first-order chi connectivity index (χ1) is 15.3. The summed E-state index contributed by atoms with van der Waals surface area (Å²) in [5, 5.41) is 5.08. The first-order valence-electron chi connectivity index (χ1n) is 9.79. The molecule has 2 saturated heterocycles. The number of benzene rings is 1. The van der Waals surface area contributed by atoms with Crippen LogP contribution in [-0.4, -0.2) is 78.1 Å². The number of morpholine rings is 1. The van der Waals surface area contributed by atoms with E-state index in [4.69, 9.17) is 42.1 Å². The van der Waals surface area contributed by atoms with Crippen LogP contribution < -0.4 is 4.74 Å². The minimum absolute atomic E-state index is 0.0193. The number of esters is 2. The van der Waals surface area contributed by atoms with Gasteiger partial charge in [0.15, 0.2) is 0 Å². The highest BCUT2D eigenvalue weighted by molar-refractivity contribution is 6.42. The fourth-order valence-corrected chi connectivity index (χ4v) is 3.66. The Kier molecular flexibility index (Phi) is 6.66. The Labute approximate surface area is 192 Å². The average Bonchev–Trinajstić information content (AvgIpc) is 3.29. The molecule has 0 saturated carbocycles. The van der Waals surface area contributed by atoms with E-state index in [1.165, 1.54) is 4.68 Å². The number of Topliss-reactive ketones (excluding diaryl/α,β-unsaturated/α-hetero) is 1. The zero-order valence-corrected chi connectivity index (χ0v) is 18.5. The molecule has 2 aliphatic heterocycles. The minimum atomic E-state index is -1.69. The van der Waals surface area contributed by atoms with E-state index >= 15 is 0 Å². The molecule has 3 heterocycles. The molecule has 2 fully saturated rings. The van der Waals surface area contributed by atoms with Gasteiger partial charge in [-0.05, 0) is 25.1 Å². The fourth-order valence-electron chi connectivity index (χ4n) is 3.37. The maximum Gasteiger partial charge on any atom is 0.421 e. The smallest absolute Gasteiger partial charge is 0.421 e. The van der Waals surface area contributed by atoms with Gasteiger partial charge in [-0.2, -0.15) is 0 Å². The van der Waals surface area contributed by atoms with Gasteiger partial charge >= 0.3 is 18.2 Å². The molecule has 32 heavy (non-hydrogen) atoms. The third-order valence-electron chi connectivity index (χ3n) is 5.04. The van der Waals surface area contributed by atoms with Gasteiger partial charge in [0.2, 0.25) is 5.88 Å². The third-order valence-corrected chi connectivity index (χ3v) is 5.78. The van der Waals surface area contributed by atoms with E-state index in [2.05, 4.69) is 10.00 Å². The van der Waals surface area contributed by atoms with Crippen molar-refractivity contribution in [3.8, 4) is 11.6 Å². The molecule has 1 aromatic heterocycles. The van der Waals surface area contributed by atoms with Crippen LogP contribution in [0.5, 0.6) is 5.88 Å². The van der Waals surface area contributed by atoms with E-state index in [0.717, 1.165) is 13.1 Å². The Bertz CT molecular complexity index is 1050. The molecule has 1 aromatic carbocycles. The number of nitrogens with zero attached hydrogens (tertiary/aromatic N) is 3. The van der Waals surface area contributed by atoms with E-state index < -0.39 is 24.0 Å². The summed E-state index contributed by atoms with van der Waals surface area (Å²) in [5.41, 5.74) is 0.953. The monoisotopic (exact) mass is 483 g/mol. The number of ketones is 1. The van der Waals surface area contributed by atoms with Gasteiger partial charge in [0, 0.05) is 19.6 Å². The molecule has 0 N–H and O–H groups in total. The quantitative estimate of drug-likeness (QED) is 0.330. The highest BCUT2D eigenvalue weighted by Gasteiger charge is 2.42. The van der Waals surface area contributed by atoms with Gasteiger partial charge in [-0.25, -0.2) is 14.3 Å². The maximum atomic E-state index is 13.0. The first-order valence-corrected chi connectivity index (χ1v) is 10.5. The summed E-state index contributed by atoms with van der Waals surface area (Å²) < 4.78 is 22.1. The van der Waals surface area contributed by atoms with Gasteiger partial charge in [0.25, 0.3) is 5.78 Å². The molecule has 0 amide bonds. The predicted octanol–water partition coefficient (Wildman–Crippen LogP) is 1.81. The van der Waals surface area contributed by atoms with Crippen molar-refractivity contribution in [3.63, 3.8) is 0 Å². The van der Waals surface area contributed by atoms with Crippen molar-refractivity contribution in [2.45, 2.75) is 13.2 Å². The highest BCUT2D eigenvalue weighted by Crippen LogP contribution is 2.30. The van der Waals surface area contributed by atoms with Crippen LogP contribution in [0.4, 0.5) is 0 Å². The van der Waals surface area contributed by atoms with Crippen LogP contribution in [0.3, 0.4) is 0 Å². The SMILES string of the molecule is Cc1c(C(=O)C2OC(=O)C(=O)O2)c(OCCN2CCOCC2)nn1-c1ccc(Cl)c(Cl)c1. The van der Waals surface area contributed by atoms with Gasteiger partial charge in [0.1, 0.15) is 12.2 Å². The zero-order chi connectivity index (χ0) is 22.8. The Morgan fingerprint density at radius 2 is 1.84 bits per heavy atom. The molecule has 4 rings (SSSR count). The standard InChI is InChI=1S/C20H19Cl2N3O7/c1-11-15(16(26)20-31-18(27)19(28)32-20)17(30-9-6-24-4-7-29-8-5-24)23-25(11)12-2-3-13(21)14(22)10-12/h2-3,10,20H,4-9H2,1H3. The van der Waals surface area contributed by atoms with Crippen LogP contribution in [0.1, 0.15) is 16.1 Å². The molecule has 0 spiro atoms. The Morgan fingerprint density at radius 3 is 2.50 bits per heavy atom. The van der Waals surface area contributed by atoms with E-state index in [-0.39, 0.29) is 18.1 Å². The van der Waals surface area contributed by atoms with Crippen molar-refractivity contribution in [2.75, 3.05) is 39.5 Å². The summed E-state index contributed by atoms with van der Waals surface area (Å²) in [6.45, 7) is 5.34. The normalized spacial score (nSPS) is 17.3. The zero-order valence-electron chi connectivity index (χ0n) is 17.0. The number of carbonyl (C=O) groups excluding carboxylic acids is 3. The molecule has 170 valence electrons. The van der Waals surface area contributed by atoms with Gasteiger partial charge < -0.3 is 18.9 Å². The lowest BCUT2D eigenvalue weighted by Crippen LogP contribution is -2.38. The van der Waals surface area contributed by atoms with Crippen LogP contribution in [0.15, 0.2) is 18.2 Å². The number of ether oxygens (including phenoxy) is 4. The summed E-state index contributed by atoms with van der Waals surface area (Å²) in [7, 11) is 0. The molecule has 0 unspecified atom stereocenters. The van der Waals surface area contributed by atoms with Gasteiger partial charge in [0.05, 0.1) is 34.6 Å². The van der Waals surface area contributed by atoms with Gasteiger partial charge in [-0.3, -0.25) is 9.69 Å². The van der Waals surface area contributed by atoms with E-state index in [1.54, 1.807) is 25.1 Å². The summed E-state index contributed by atoms with van der Waals surface area (Å²) in [5.74, 6) is -3.19. The lowest BCUT2D eigenvalue weighted by atomic mass is 10.1. The van der Waals surface area contributed by atoms with Crippen LogP contribution in [0, 0.1) is 6.92 Å². The molecule has 2 aliphatic rings. The van der Waals surface area contributed by atoms with Crippen LogP contribution in [0.2, 0.25) is 10.0 Å². The maximum absolute atomic E-state index is 13.0. The molecule has 0 atom stereocenters. The number of hydrogen-bond donors (Lipinski definition) is 0. The number of cyclic esters (lactones) is 2. The molecule has 0 bridgehead atoms. The predicted molar refractivity (Wildman–Crippen MR) is 111 cm³/mol. The van der Waals surface area contributed by atoms with Crippen molar-refractivity contribution in [2.24, 2.45) is 0 Å². The van der Waals surface area contributed by atoms with Crippen molar-refractivity contribution in [1.82, 2.24) is 14.7 Å². The number of halogens is 2. The lowest BCUT2D eigenvalue weighted by Gasteiger charge is -2.26. The lowest BCUT2D eigenvalue weighted by molar-refractivity contribution is -0.150. The first kappa shape index (κ1) is 22.5. The van der Waals surface area contributed by atoms with E-state index in [0.29, 0.717) is 41.2 Å². The van der Waals surface area contributed by atoms with Gasteiger partial charge in [-0.1, -0.05) is 23.2 Å². The third kappa shape index (κ3) is 4.58. The largest absolute Gasteiger partial charge is 0.475 e. The molecule has 10 nitrogen and oxygen atoms in total. The number of rotatable bonds is 7. The van der Waals surface area contributed by atoms with Crippen LogP contribution >= 0.6 is 23.2 Å². The second kappa shape index (κ2) is 9.45. The number of carbonyl (C=O) groups is 3. The molecule has 12 heteroatoms. The molecule has 0 aliphatic carbocycles. The molecular weight excluding hydrogens is 465 g/mol. The van der Waals surface area contributed by atoms with Crippen LogP contribution in [0.25, 0.3) is 5.69 Å². The summed E-state index contributed by atoms with van der Waals surface area (Å²) in [6.07, 6.45) is -1.69. The summed E-state index contributed by atoms with van der Waals surface area (Å²) in [4.78, 5) is 38.0. The average molecular weight is 484 g/mol. The van der Waals surface area contributed by atoms with Crippen molar-refractivity contribution in [1.29, 1.82) is 0 Å². The highest BCUT2D eigenvalue weighted by atomic mass is 35.5. The van der Waals surface area contributed by atoms with Crippen molar-refractivity contribution < 1.29 is 33.3 Å². The second-order valence-electron chi connectivity index (χ2n) is 7.09. The van der Waals surface area contributed by atoms with Gasteiger partial charge in [-0.15, -0.1) is 5.10 Å². The topological polar surface area (TPSA) is 109 Å². The van der Waals surface area contributed by atoms with Crippen LogP contribution in [-0.2, 0) is 23.8 Å². The summed E-state index contributed by atoms with van der Waals surface area (Å²) >= 11 is 12.1. The fraction of sp³-hybridized carbons (Fsp3) is 0.400. The number of aromatic nitrogens is 2. The molecule has 2 aromatic rings. The van der Waals surface area contributed by atoms with Crippen molar-refractivity contribution in [3.05, 3.63) is 39.5 Å². The van der Waals surface area contributed by atoms with Crippen molar-refractivity contribution >= 4 is 40.9 Å². The Morgan fingerprint density at radius 1 is 1.16 bits per heavy atom. The van der Waals surface area contributed by atoms with E-state index in [9.17, 15) is 14.4 Å². The molecular formula is C20H19Cl2N3O7. The summed E-state index contributed by atoms with van der Waals surface area (Å²) in [6, 6.07) is 4.86. The Hall–Kier alpha value is -2.66. The number of hydrogen-bond acceptors (Lipinski definition) is 9. The second-order valence-corrected chi connectivity index (χ2v) is 7.90.